The summed E-state index contributed by atoms with van der Waals surface area (Å²) in [6.45, 7) is 4.17. The Morgan fingerprint density at radius 3 is 2.66 bits per heavy atom. The molecule has 12 heteroatoms. The van der Waals surface area contributed by atoms with Gasteiger partial charge >= 0.3 is 0 Å². The molecule has 0 saturated heterocycles. The van der Waals surface area contributed by atoms with Gasteiger partial charge in [-0.2, -0.15) is 10.2 Å². The van der Waals surface area contributed by atoms with Crippen molar-refractivity contribution in [3.63, 3.8) is 0 Å². The van der Waals surface area contributed by atoms with Crippen LogP contribution in [0.3, 0.4) is 0 Å². The molecule has 2 heterocycles. The van der Waals surface area contributed by atoms with Crippen LogP contribution >= 0.6 is 23.2 Å². The number of aromatic nitrogens is 4. The van der Waals surface area contributed by atoms with Gasteiger partial charge < -0.3 is 10.1 Å². The van der Waals surface area contributed by atoms with Crippen LogP contribution in [0.2, 0.25) is 10.0 Å². The smallest absolute Gasteiger partial charge is 0.276 e. The maximum Gasteiger partial charge on any atom is 0.276 e. The Kier molecular flexibility index (Phi) is 7.04. The van der Waals surface area contributed by atoms with E-state index in [9.17, 15) is 14.9 Å². The lowest BCUT2D eigenvalue weighted by molar-refractivity contribution is -0.384. The summed E-state index contributed by atoms with van der Waals surface area (Å²) in [7, 11) is 0. The number of aryl methyl sites for hydroxylation is 1. The lowest BCUT2D eigenvalue weighted by Crippen LogP contribution is -2.15. The Morgan fingerprint density at radius 2 is 1.94 bits per heavy atom. The highest BCUT2D eigenvalue weighted by Crippen LogP contribution is 2.29. The first-order valence-electron chi connectivity index (χ1n) is 10.4. The van der Waals surface area contributed by atoms with Crippen LogP contribution in [0, 0.1) is 24.0 Å². The SMILES string of the molecule is Cc1nn(Cc2cccc(Cl)c2)c(C)c1NC(=O)c1ccn(COc2ccc([N+](=O)[O-])cc2Cl)n1. The molecule has 0 bridgehead atoms. The highest BCUT2D eigenvalue weighted by atomic mass is 35.5. The second-order valence-corrected chi connectivity index (χ2v) is 8.52. The van der Waals surface area contributed by atoms with Crippen molar-refractivity contribution >= 4 is 40.5 Å². The Hall–Kier alpha value is -3.89. The second-order valence-electron chi connectivity index (χ2n) is 7.67. The molecule has 0 aliphatic carbocycles. The average molecular weight is 515 g/mol. The van der Waals surface area contributed by atoms with Crippen molar-refractivity contribution in [1.82, 2.24) is 19.6 Å². The third kappa shape index (κ3) is 5.61. The zero-order chi connectivity index (χ0) is 25.1. The maximum absolute atomic E-state index is 12.8. The number of nitrogens with zero attached hydrogens (tertiary/aromatic N) is 5. The van der Waals surface area contributed by atoms with Crippen LogP contribution in [-0.2, 0) is 13.3 Å². The average Bonchev–Trinajstić information content (AvgIpc) is 3.39. The van der Waals surface area contributed by atoms with Gasteiger partial charge in [0.1, 0.15) is 5.75 Å². The number of rotatable bonds is 8. The van der Waals surface area contributed by atoms with Gasteiger partial charge in [-0.3, -0.25) is 19.6 Å². The lowest BCUT2D eigenvalue weighted by atomic mass is 10.2. The summed E-state index contributed by atoms with van der Waals surface area (Å²) in [5.41, 5.74) is 3.12. The molecule has 0 radical (unpaired) electrons. The first kappa shape index (κ1) is 24.2. The van der Waals surface area contributed by atoms with Gasteiger partial charge in [-0.15, -0.1) is 0 Å². The number of hydrogen-bond acceptors (Lipinski definition) is 6. The molecule has 180 valence electrons. The molecule has 1 N–H and O–H groups in total. The van der Waals surface area contributed by atoms with E-state index in [2.05, 4.69) is 15.5 Å². The first-order chi connectivity index (χ1) is 16.7. The van der Waals surface area contributed by atoms with Crippen LogP contribution in [0.4, 0.5) is 11.4 Å². The minimum atomic E-state index is -0.543. The number of carbonyl (C=O) groups is 1. The summed E-state index contributed by atoms with van der Waals surface area (Å²) in [4.78, 5) is 23.1. The molecule has 2 aromatic heterocycles. The van der Waals surface area contributed by atoms with Crippen molar-refractivity contribution in [3.8, 4) is 5.75 Å². The van der Waals surface area contributed by atoms with Crippen molar-refractivity contribution in [2.24, 2.45) is 0 Å². The Balaban J connectivity index is 1.41. The van der Waals surface area contributed by atoms with E-state index in [4.69, 9.17) is 27.9 Å². The van der Waals surface area contributed by atoms with Gasteiger partial charge in [0.2, 0.25) is 0 Å². The predicted molar refractivity (Wildman–Crippen MR) is 131 cm³/mol. The number of non-ortho nitro benzene ring substituents is 1. The molecular formula is C23H20Cl2N6O4. The molecule has 0 unspecified atom stereocenters. The largest absolute Gasteiger partial charge is 0.470 e. The number of nitrogens with one attached hydrogen (secondary N) is 1. The number of halogens is 2. The summed E-state index contributed by atoms with van der Waals surface area (Å²) >= 11 is 12.1. The Labute approximate surface area is 210 Å². The number of nitro benzene ring substituents is 1. The topological polar surface area (TPSA) is 117 Å². The number of anilines is 1. The number of ether oxygens (including phenoxy) is 1. The Morgan fingerprint density at radius 1 is 1.14 bits per heavy atom. The number of nitro groups is 1. The van der Waals surface area contributed by atoms with E-state index in [1.165, 1.54) is 22.9 Å². The van der Waals surface area contributed by atoms with Crippen molar-refractivity contribution < 1.29 is 14.5 Å². The van der Waals surface area contributed by atoms with Crippen LogP contribution in [-0.4, -0.2) is 30.4 Å². The first-order valence-corrected chi connectivity index (χ1v) is 11.2. The van der Waals surface area contributed by atoms with Crippen molar-refractivity contribution in [1.29, 1.82) is 0 Å². The van der Waals surface area contributed by atoms with Gasteiger partial charge in [-0.1, -0.05) is 35.3 Å². The van der Waals surface area contributed by atoms with Gasteiger partial charge in [0, 0.05) is 23.4 Å². The van der Waals surface area contributed by atoms with Crippen molar-refractivity contribution in [2.45, 2.75) is 27.1 Å². The van der Waals surface area contributed by atoms with Gasteiger partial charge in [0.05, 0.1) is 33.6 Å². The number of benzene rings is 2. The van der Waals surface area contributed by atoms with Crippen LogP contribution in [0.1, 0.15) is 27.4 Å². The van der Waals surface area contributed by atoms with Gasteiger partial charge in [0.25, 0.3) is 11.6 Å². The molecule has 0 spiro atoms. The van der Waals surface area contributed by atoms with E-state index in [1.54, 1.807) is 16.9 Å². The molecule has 10 nitrogen and oxygen atoms in total. The summed E-state index contributed by atoms with van der Waals surface area (Å²) in [6, 6.07) is 13.0. The number of carbonyl (C=O) groups excluding carboxylic acids is 1. The standard InChI is InChI=1S/C23H20Cl2N6O4/c1-14-22(15(2)30(27-14)12-16-4-3-5-17(24)10-16)26-23(32)20-8-9-29(28-20)13-35-21-7-6-18(31(33)34)11-19(21)25/h3-11H,12-13H2,1-2H3,(H,26,32). The zero-order valence-electron chi connectivity index (χ0n) is 18.7. The van der Waals surface area contributed by atoms with Crippen LogP contribution in [0.5, 0.6) is 5.75 Å². The van der Waals surface area contributed by atoms with Crippen LogP contribution in [0.15, 0.2) is 54.7 Å². The summed E-state index contributed by atoms with van der Waals surface area (Å²) in [6.07, 6.45) is 1.58. The maximum atomic E-state index is 12.8. The van der Waals surface area contributed by atoms with E-state index in [1.807, 2.05) is 38.1 Å². The third-order valence-corrected chi connectivity index (χ3v) is 5.72. The molecule has 4 rings (SSSR count). The van der Waals surface area contributed by atoms with Gasteiger partial charge in [-0.05, 0) is 43.7 Å². The van der Waals surface area contributed by atoms with Crippen molar-refractivity contribution in [3.05, 3.63) is 97.5 Å². The molecule has 0 aliphatic heterocycles. The monoisotopic (exact) mass is 514 g/mol. The molecule has 4 aromatic rings. The quantitative estimate of drug-likeness (QED) is 0.253. The highest BCUT2D eigenvalue weighted by molar-refractivity contribution is 6.32. The van der Waals surface area contributed by atoms with Crippen molar-refractivity contribution in [2.75, 3.05) is 5.32 Å². The summed E-state index contributed by atoms with van der Waals surface area (Å²) in [5.74, 6) is -0.136. The minimum Gasteiger partial charge on any atom is -0.470 e. The molecule has 2 aromatic carbocycles. The summed E-state index contributed by atoms with van der Waals surface area (Å²) in [5, 5.41) is 23.2. The normalized spacial score (nSPS) is 10.9. The molecule has 1 amide bonds. The zero-order valence-corrected chi connectivity index (χ0v) is 20.2. The third-order valence-electron chi connectivity index (χ3n) is 5.19. The van der Waals surface area contributed by atoms with E-state index in [0.29, 0.717) is 22.9 Å². The molecule has 0 saturated carbocycles. The van der Waals surface area contributed by atoms with E-state index >= 15 is 0 Å². The van der Waals surface area contributed by atoms with Gasteiger partial charge in [0.15, 0.2) is 12.4 Å². The fourth-order valence-electron chi connectivity index (χ4n) is 3.43. The molecular weight excluding hydrogens is 495 g/mol. The Bertz CT molecular complexity index is 1420. The second kappa shape index (κ2) is 10.2. The number of hydrogen-bond donors (Lipinski definition) is 1. The van der Waals surface area contributed by atoms with E-state index in [0.717, 1.165) is 11.3 Å². The lowest BCUT2D eigenvalue weighted by Gasteiger charge is -2.08. The summed E-state index contributed by atoms with van der Waals surface area (Å²) < 4.78 is 8.78. The molecule has 0 aliphatic rings. The molecule has 0 atom stereocenters. The van der Waals surface area contributed by atoms with E-state index < -0.39 is 10.8 Å². The predicted octanol–water partition coefficient (Wildman–Crippen LogP) is 5.25. The molecule has 0 fully saturated rings. The van der Waals surface area contributed by atoms with Crippen LogP contribution < -0.4 is 10.1 Å². The number of amides is 1. The fourth-order valence-corrected chi connectivity index (χ4v) is 3.87. The van der Waals surface area contributed by atoms with Gasteiger partial charge in [-0.25, -0.2) is 4.68 Å². The van der Waals surface area contributed by atoms with E-state index in [-0.39, 0.29) is 28.9 Å². The molecule has 35 heavy (non-hydrogen) atoms. The highest BCUT2D eigenvalue weighted by Gasteiger charge is 2.18. The minimum absolute atomic E-state index is 0.0412. The fraction of sp³-hybridized carbons (Fsp3) is 0.174. The van der Waals surface area contributed by atoms with Crippen LogP contribution in [0.25, 0.3) is 0 Å².